The monoisotopic (exact) mass is 293 g/mol. The van der Waals surface area contributed by atoms with E-state index in [0.717, 1.165) is 19.3 Å². The summed E-state index contributed by atoms with van der Waals surface area (Å²) in [4.78, 5) is 12.5. The number of anilines is 1. The lowest BCUT2D eigenvalue weighted by molar-refractivity contribution is -0.150. The Bertz CT molecular complexity index is 491. The molecule has 1 aromatic carbocycles. The largest absolute Gasteiger partial charge is 0.464 e. The highest BCUT2D eigenvalue weighted by atomic mass is 19.1. The first kappa shape index (κ1) is 15.8. The minimum absolute atomic E-state index is 0.258. The summed E-state index contributed by atoms with van der Waals surface area (Å²) in [5.41, 5.74) is -0.417. The molecule has 0 aromatic heterocycles. The first-order chi connectivity index (χ1) is 10.1. The first-order valence-electron chi connectivity index (χ1n) is 7.81. The van der Waals surface area contributed by atoms with E-state index in [1.807, 2.05) is 0 Å². The zero-order chi connectivity index (χ0) is 15.3. The normalized spacial score (nSPS) is 25.4. The number of benzene rings is 1. The predicted octanol–water partition coefficient (Wildman–Crippen LogP) is 4.14. The van der Waals surface area contributed by atoms with Gasteiger partial charge in [-0.15, -0.1) is 0 Å². The molecule has 1 aliphatic rings. The highest BCUT2D eigenvalue weighted by Crippen LogP contribution is 2.38. The van der Waals surface area contributed by atoms with Crippen LogP contribution in [0.3, 0.4) is 0 Å². The van der Waals surface area contributed by atoms with Crippen LogP contribution in [0.2, 0.25) is 0 Å². The summed E-state index contributed by atoms with van der Waals surface area (Å²) in [7, 11) is 0. The minimum atomic E-state index is -0.795. The molecule has 1 N–H and O–H groups in total. The smallest absolute Gasteiger partial charge is 0.331 e. The van der Waals surface area contributed by atoms with Crippen LogP contribution in [0, 0.1) is 11.7 Å². The third kappa shape index (κ3) is 3.55. The second kappa shape index (κ2) is 6.92. The minimum Gasteiger partial charge on any atom is -0.464 e. The summed E-state index contributed by atoms with van der Waals surface area (Å²) < 4.78 is 19.2. The fourth-order valence-corrected chi connectivity index (χ4v) is 3.18. The van der Waals surface area contributed by atoms with Crippen LogP contribution in [-0.2, 0) is 9.53 Å². The molecular formula is C17H24FNO2. The van der Waals surface area contributed by atoms with Gasteiger partial charge in [0.1, 0.15) is 11.4 Å². The van der Waals surface area contributed by atoms with E-state index in [1.165, 1.54) is 6.07 Å². The fourth-order valence-electron chi connectivity index (χ4n) is 3.18. The molecule has 0 bridgehead atoms. The number of esters is 1. The molecule has 1 saturated carbocycles. The van der Waals surface area contributed by atoms with Crippen molar-refractivity contribution in [3.63, 3.8) is 0 Å². The Balaban J connectivity index is 2.27. The SMILES string of the molecule is CCOC(=O)C1(Nc2ccccc2F)CCCC(CC)C1. The Labute approximate surface area is 125 Å². The number of carbonyl (C=O) groups excluding carboxylic acids is 1. The van der Waals surface area contributed by atoms with Crippen molar-refractivity contribution in [1.82, 2.24) is 0 Å². The molecule has 1 aliphatic carbocycles. The maximum absolute atomic E-state index is 13.9. The molecule has 0 aliphatic heterocycles. The van der Waals surface area contributed by atoms with Crippen molar-refractivity contribution in [2.24, 2.45) is 5.92 Å². The molecule has 4 heteroatoms. The maximum Gasteiger partial charge on any atom is 0.331 e. The van der Waals surface area contributed by atoms with Crippen molar-refractivity contribution < 1.29 is 13.9 Å². The van der Waals surface area contributed by atoms with Gasteiger partial charge < -0.3 is 10.1 Å². The molecule has 0 spiro atoms. The molecule has 1 aromatic rings. The van der Waals surface area contributed by atoms with Crippen molar-refractivity contribution in [1.29, 1.82) is 0 Å². The molecule has 0 saturated heterocycles. The van der Waals surface area contributed by atoms with E-state index in [4.69, 9.17) is 4.74 Å². The molecule has 2 unspecified atom stereocenters. The van der Waals surface area contributed by atoms with Gasteiger partial charge in [-0.3, -0.25) is 0 Å². The van der Waals surface area contributed by atoms with Gasteiger partial charge in [0.25, 0.3) is 0 Å². The lowest BCUT2D eigenvalue weighted by Gasteiger charge is -2.40. The highest BCUT2D eigenvalue weighted by molar-refractivity contribution is 5.84. The summed E-state index contributed by atoms with van der Waals surface area (Å²) in [5.74, 6) is -0.117. The Morgan fingerprint density at radius 2 is 2.19 bits per heavy atom. The second-order valence-electron chi connectivity index (χ2n) is 5.78. The van der Waals surface area contributed by atoms with Crippen LogP contribution in [0.5, 0.6) is 0 Å². The third-order valence-electron chi connectivity index (χ3n) is 4.34. The summed E-state index contributed by atoms with van der Waals surface area (Å²) in [6.45, 7) is 4.28. The Hall–Kier alpha value is -1.58. The molecule has 116 valence electrons. The fraction of sp³-hybridized carbons (Fsp3) is 0.588. The van der Waals surface area contributed by atoms with Crippen LogP contribution in [0.15, 0.2) is 24.3 Å². The Morgan fingerprint density at radius 1 is 1.43 bits per heavy atom. The Kier molecular flexibility index (Phi) is 5.21. The molecule has 0 heterocycles. The number of ether oxygens (including phenoxy) is 1. The van der Waals surface area contributed by atoms with Gasteiger partial charge in [0.05, 0.1) is 12.3 Å². The van der Waals surface area contributed by atoms with Crippen LogP contribution < -0.4 is 5.32 Å². The van der Waals surface area contributed by atoms with Gasteiger partial charge >= 0.3 is 5.97 Å². The lowest BCUT2D eigenvalue weighted by Crippen LogP contribution is -2.51. The summed E-state index contributed by atoms with van der Waals surface area (Å²) in [6, 6.07) is 6.49. The lowest BCUT2D eigenvalue weighted by atomic mass is 9.74. The van der Waals surface area contributed by atoms with Gasteiger partial charge in [-0.1, -0.05) is 38.3 Å². The van der Waals surface area contributed by atoms with E-state index in [2.05, 4.69) is 12.2 Å². The molecule has 2 rings (SSSR count). The molecule has 2 atom stereocenters. The quantitative estimate of drug-likeness (QED) is 0.829. The van der Waals surface area contributed by atoms with Crippen molar-refractivity contribution in [2.75, 3.05) is 11.9 Å². The van der Waals surface area contributed by atoms with Gasteiger partial charge in [0.2, 0.25) is 0 Å². The van der Waals surface area contributed by atoms with E-state index < -0.39 is 5.54 Å². The molecule has 1 fully saturated rings. The number of hydrogen-bond donors (Lipinski definition) is 1. The molecule has 0 radical (unpaired) electrons. The van der Waals surface area contributed by atoms with Crippen LogP contribution in [0.25, 0.3) is 0 Å². The number of carbonyl (C=O) groups is 1. The van der Waals surface area contributed by atoms with E-state index in [9.17, 15) is 9.18 Å². The molecule has 3 nitrogen and oxygen atoms in total. The van der Waals surface area contributed by atoms with Crippen molar-refractivity contribution in [3.05, 3.63) is 30.1 Å². The van der Waals surface area contributed by atoms with E-state index in [0.29, 0.717) is 31.1 Å². The summed E-state index contributed by atoms with van der Waals surface area (Å²) in [6.07, 6.45) is 4.50. The van der Waals surface area contributed by atoms with Gasteiger partial charge in [-0.05, 0) is 37.8 Å². The molecular weight excluding hydrogens is 269 g/mol. The van der Waals surface area contributed by atoms with Crippen molar-refractivity contribution >= 4 is 11.7 Å². The van der Waals surface area contributed by atoms with Crippen LogP contribution in [0.1, 0.15) is 46.0 Å². The summed E-state index contributed by atoms with van der Waals surface area (Å²) >= 11 is 0. The van der Waals surface area contributed by atoms with Crippen LogP contribution in [0.4, 0.5) is 10.1 Å². The van der Waals surface area contributed by atoms with Crippen LogP contribution >= 0.6 is 0 Å². The molecule has 21 heavy (non-hydrogen) atoms. The highest BCUT2D eigenvalue weighted by Gasteiger charge is 2.44. The number of halogens is 1. The van der Waals surface area contributed by atoms with Gasteiger partial charge in [0.15, 0.2) is 0 Å². The third-order valence-corrected chi connectivity index (χ3v) is 4.34. The standard InChI is InChI=1S/C17H24FNO2/c1-3-13-8-7-11-17(12-13,16(20)21-4-2)19-15-10-6-5-9-14(15)18/h5-6,9-10,13,19H,3-4,7-8,11-12H2,1-2H3. The number of nitrogens with one attached hydrogen (secondary N) is 1. The van der Waals surface area contributed by atoms with E-state index >= 15 is 0 Å². The average molecular weight is 293 g/mol. The van der Waals surface area contributed by atoms with E-state index in [-0.39, 0.29) is 11.8 Å². The zero-order valence-corrected chi connectivity index (χ0v) is 12.8. The molecule has 0 amide bonds. The number of rotatable bonds is 5. The van der Waals surface area contributed by atoms with Crippen molar-refractivity contribution in [3.8, 4) is 0 Å². The van der Waals surface area contributed by atoms with Crippen molar-refractivity contribution in [2.45, 2.75) is 51.5 Å². The Morgan fingerprint density at radius 3 is 2.86 bits per heavy atom. The number of para-hydroxylation sites is 1. The van der Waals surface area contributed by atoms with E-state index in [1.54, 1.807) is 25.1 Å². The average Bonchev–Trinajstić information content (AvgIpc) is 2.50. The van der Waals surface area contributed by atoms with Gasteiger partial charge in [0, 0.05) is 0 Å². The first-order valence-corrected chi connectivity index (χ1v) is 7.81. The van der Waals surface area contributed by atoms with Gasteiger partial charge in [-0.25, -0.2) is 9.18 Å². The van der Waals surface area contributed by atoms with Gasteiger partial charge in [-0.2, -0.15) is 0 Å². The predicted molar refractivity (Wildman–Crippen MR) is 81.6 cm³/mol. The number of hydrogen-bond acceptors (Lipinski definition) is 3. The topological polar surface area (TPSA) is 38.3 Å². The zero-order valence-electron chi connectivity index (χ0n) is 12.8. The van der Waals surface area contributed by atoms with Crippen LogP contribution in [-0.4, -0.2) is 18.1 Å². The second-order valence-corrected chi connectivity index (χ2v) is 5.78. The summed E-state index contributed by atoms with van der Waals surface area (Å²) in [5, 5.41) is 3.16. The maximum atomic E-state index is 13.9.